The van der Waals surface area contributed by atoms with E-state index in [9.17, 15) is 18.0 Å². The maximum atomic E-state index is 12.9. The number of rotatable bonds is 4. The van der Waals surface area contributed by atoms with Gasteiger partial charge < -0.3 is 15.1 Å². The number of sulfone groups is 1. The van der Waals surface area contributed by atoms with Crippen molar-refractivity contribution in [2.24, 2.45) is 0 Å². The molecule has 0 fully saturated rings. The molecule has 1 aliphatic heterocycles. The van der Waals surface area contributed by atoms with Crippen LogP contribution in [0.3, 0.4) is 0 Å². The highest BCUT2D eigenvalue weighted by atomic mass is 32.2. The quantitative estimate of drug-likeness (QED) is 0.696. The second-order valence-electron chi connectivity index (χ2n) is 6.14. The van der Waals surface area contributed by atoms with Gasteiger partial charge in [0.15, 0.2) is 6.39 Å². The van der Waals surface area contributed by atoms with E-state index in [0.717, 1.165) is 0 Å². The van der Waals surface area contributed by atoms with E-state index in [-0.39, 0.29) is 26.6 Å². The summed E-state index contributed by atoms with van der Waals surface area (Å²) in [6, 6.07) is 10.1. The predicted molar refractivity (Wildman–Crippen MR) is 98.8 cm³/mol. The average molecular weight is 397 g/mol. The predicted octanol–water partition coefficient (Wildman–Crippen LogP) is 2.05. The third kappa shape index (κ3) is 3.16. The maximum Gasteiger partial charge on any atom is 0.257 e. The fraction of sp³-hybridized carbons (Fsp3) is 0.105. The largest absolute Gasteiger partial charge is 0.448 e. The fourth-order valence-corrected chi connectivity index (χ4v) is 4.56. The van der Waals surface area contributed by atoms with Crippen molar-refractivity contribution >= 4 is 27.3 Å². The molecule has 0 saturated heterocycles. The summed E-state index contributed by atoms with van der Waals surface area (Å²) in [7, 11) is -3.89. The highest BCUT2D eigenvalue weighted by Gasteiger charge is 2.31. The van der Waals surface area contributed by atoms with E-state index in [4.69, 9.17) is 4.42 Å². The molecular weight excluding hydrogens is 382 g/mol. The minimum absolute atomic E-state index is 0.0518. The molecule has 9 heteroatoms. The van der Waals surface area contributed by atoms with E-state index in [1.54, 1.807) is 18.3 Å². The number of aromatic nitrogens is 1. The van der Waals surface area contributed by atoms with Crippen LogP contribution in [0.25, 0.3) is 0 Å². The van der Waals surface area contributed by atoms with E-state index in [1.807, 2.05) is 0 Å². The molecule has 0 spiro atoms. The third-order valence-electron chi connectivity index (χ3n) is 4.34. The molecule has 1 aromatic heterocycles. The zero-order valence-electron chi connectivity index (χ0n) is 14.5. The number of oxazole rings is 1. The van der Waals surface area contributed by atoms with Crippen molar-refractivity contribution in [3.63, 3.8) is 0 Å². The van der Waals surface area contributed by atoms with Gasteiger partial charge in [-0.25, -0.2) is 13.4 Å². The highest BCUT2D eigenvalue weighted by molar-refractivity contribution is 7.91. The monoisotopic (exact) mass is 397 g/mol. The normalized spacial score (nSPS) is 14.4. The smallest absolute Gasteiger partial charge is 0.257 e. The first-order valence-corrected chi connectivity index (χ1v) is 9.90. The van der Waals surface area contributed by atoms with Gasteiger partial charge in [-0.1, -0.05) is 12.1 Å². The number of carbonyl (C=O) groups excluding carboxylic acids is 2. The van der Waals surface area contributed by atoms with Crippen LogP contribution in [0.2, 0.25) is 0 Å². The SMILES string of the molecule is O=C(NCCc1cnco1)c1ccc2c(c1)NC(=O)c1ccccc1S2(=O)=O. The van der Waals surface area contributed by atoms with Gasteiger partial charge in [-0.2, -0.15) is 0 Å². The van der Waals surface area contributed by atoms with Crippen molar-refractivity contribution < 1.29 is 22.4 Å². The second kappa shape index (κ2) is 6.93. The second-order valence-corrected chi connectivity index (χ2v) is 8.02. The highest BCUT2D eigenvalue weighted by Crippen LogP contribution is 2.34. The van der Waals surface area contributed by atoms with E-state index >= 15 is 0 Å². The fourth-order valence-electron chi connectivity index (χ4n) is 2.97. The lowest BCUT2D eigenvalue weighted by atomic mass is 10.1. The molecule has 0 saturated carbocycles. The number of hydrogen-bond acceptors (Lipinski definition) is 6. The van der Waals surface area contributed by atoms with Gasteiger partial charge in [0, 0.05) is 18.5 Å². The minimum atomic E-state index is -3.89. The van der Waals surface area contributed by atoms with Crippen molar-refractivity contribution in [1.82, 2.24) is 10.3 Å². The first-order valence-electron chi connectivity index (χ1n) is 8.42. The Kier molecular flexibility index (Phi) is 4.44. The lowest BCUT2D eigenvalue weighted by Crippen LogP contribution is -2.25. The summed E-state index contributed by atoms with van der Waals surface area (Å²) in [5.41, 5.74) is 0.374. The van der Waals surface area contributed by atoms with Gasteiger partial charge in [0.1, 0.15) is 5.76 Å². The zero-order valence-corrected chi connectivity index (χ0v) is 15.3. The van der Waals surface area contributed by atoms with Crippen LogP contribution in [0.15, 0.2) is 69.3 Å². The topological polar surface area (TPSA) is 118 Å². The Balaban J connectivity index is 1.61. The van der Waals surface area contributed by atoms with Crippen LogP contribution in [0.1, 0.15) is 26.5 Å². The molecule has 3 aromatic rings. The molecule has 0 unspecified atom stereocenters. The molecule has 0 aliphatic carbocycles. The lowest BCUT2D eigenvalue weighted by molar-refractivity contribution is 0.0952. The van der Waals surface area contributed by atoms with Gasteiger partial charge in [-0.3, -0.25) is 9.59 Å². The molecule has 142 valence electrons. The Morgan fingerprint density at radius 2 is 1.96 bits per heavy atom. The van der Waals surface area contributed by atoms with Crippen molar-refractivity contribution in [1.29, 1.82) is 0 Å². The summed E-state index contributed by atoms with van der Waals surface area (Å²) in [6.45, 7) is 0.321. The number of fused-ring (bicyclic) bond motifs is 2. The van der Waals surface area contributed by atoms with Crippen LogP contribution < -0.4 is 10.6 Å². The molecule has 1 aliphatic rings. The van der Waals surface area contributed by atoms with Gasteiger partial charge >= 0.3 is 0 Å². The molecule has 2 amide bonds. The molecule has 2 heterocycles. The van der Waals surface area contributed by atoms with Crippen LogP contribution in [0.5, 0.6) is 0 Å². The Hall–Kier alpha value is -3.46. The van der Waals surface area contributed by atoms with Gasteiger partial charge in [0.05, 0.1) is 27.2 Å². The van der Waals surface area contributed by atoms with Crippen molar-refractivity contribution in [2.45, 2.75) is 16.2 Å². The summed E-state index contributed by atoms with van der Waals surface area (Å²) in [5, 5.41) is 5.31. The van der Waals surface area contributed by atoms with E-state index in [1.165, 1.54) is 36.7 Å². The number of benzene rings is 2. The van der Waals surface area contributed by atoms with Crippen LogP contribution in [0, 0.1) is 0 Å². The first kappa shape index (κ1) is 17.9. The molecule has 2 N–H and O–H groups in total. The molecule has 2 aromatic carbocycles. The molecule has 28 heavy (non-hydrogen) atoms. The Labute approximate surface area is 160 Å². The van der Waals surface area contributed by atoms with Crippen LogP contribution >= 0.6 is 0 Å². The number of nitrogens with zero attached hydrogens (tertiary/aromatic N) is 1. The summed E-state index contributed by atoms with van der Waals surface area (Å²) in [4.78, 5) is 28.5. The zero-order chi connectivity index (χ0) is 19.7. The molecule has 0 radical (unpaired) electrons. The van der Waals surface area contributed by atoms with Crippen LogP contribution in [-0.2, 0) is 16.3 Å². The number of nitrogens with one attached hydrogen (secondary N) is 2. The number of carbonyl (C=O) groups is 2. The molecule has 0 bridgehead atoms. The van der Waals surface area contributed by atoms with Gasteiger partial charge in [0.25, 0.3) is 11.8 Å². The lowest BCUT2D eigenvalue weighted by Gasteiger charge is -2.10. The third-order valence-corrected chi connectivity index (χ3v) is 6.21. The molecule has 8 nitrogen and oxygen atoms in total. The van der Waals surface area contributed by atoms with Crippen molar-refractivity contribution in [3.05, 3.63) is 71.9 Å². The summed E-state index contributed by atoms with van der Waals surface area (Å²) < 4.78 is 31.0. The minimum Gasteiger partial charge on any atom is -0.448 e. The summed E-state index contributed by atoms with van der Waals surface area (Å²) >= 11 is 0. The Morgan fingerprint density at radius 1 is 1.14 bits per heavy atom. The first-order chi connectivity index (χ1) is 13.5. The Morgan fingerprint density at radius 3 is 2.75 bits per heavy atom. The summed E-state index contributed by atoms with van der Waals surface area (Å²) in [6.07, 6.45) is 3.34. The van der Waals surface area contributed by atoms with Gasteiger partial charge in [0.2, 0.25) is 9.84 Å². The summed E-state index contributed by atoms with van der Waals surface area (Å²) in [5.74, 6) is -0.296. The number of amides is 2. The van der Waals surface area contributed by atoms with Gasteiger partial charge in [-0.05, 0) is 30.3 Å². The average Bonchev–Trinajstić information content (AvgIpc) is 3.18. The molecular formula is C19H15N3O5S. The number of anilines is 1. The van der Waals surface area contributed by atoms with Crippen molar-refractivity contribution in [3.8, 4) is 0 Å². The van der Waals surface area contributed by atoms with E-state index < -0.39 is 21.7 Å². The van der Waals surface area contributed by atoms with E-state index in [2.05, 4.69) is 15.6 Å². The van der Waals surface area contributed by atoms with Crippen LogP contribution in [0.4, 0.5) is 5.69 Å². The van der Waals surface area contributed by atoms with E-state index in [0.29, 0.717) is 18.7 Å². The molecule has 4 rings (SSSR count). The number of hydrogen-bond donors (Lipinski definition) is 2. The Bertz CT molecular complexity index is 1170. The van der Waals surface area contributed by atoms with Crippen LogP contribution in [-0.4, -0.2) is 31.8 Å². The molecule has 0 atom stereocenters. The maximum absolute atomic E-state index is 12.9. The standard InChI is InChI=1S/C19H15N3O5S/c23-18(21-8-7-13-10-20-11-27-13)12-5-6-17-15(9-12)22-19(24)14-3-1-2-4-16(14)28(17,25)26/h1-6,9-11H,7-8H2,(H,21,23)(H,22,24). The van der Waals surface area contributed by atoms with Crippen molar-refractivity contribution in [2.75, 3.05) is 11.9 Å². The van der Waals surface area contributed by atoms with Gasteiger partial charge in [-0.15, -0.1) is 0 Å².